The molecule has 2 aromatic carbocycles. The van der Waals surface area contributed by atoms with E-state index in [9.17, 15) is 4.79 Å². The Morgan fingerprint density at radius 3 is 2.61 bits per heavy atom. The van der Waals surface area contributed by atoms with Gasteiger partial charge in [0.2, 0.25) is 6.41 Å². The Morgan fingerprint density at radius 2 is 1.87 bits per heavy atom. The molecule has 31 heavy (non-hydrogen) atoms. The molecule has 2 heterocycles. The lowest BCUT2D eigenvalue weighted by atomic mass is 10.0. The number of nitrogens with one attached hydrogen (secondary N) is 2. The normalized spacial score (nSPS) is 15.9. The molecule has 1 aliphatic rings. The van der Waals surface area contributed by atoms with Crippen LogP contribution in [0.3, 0.4) is 0 Å². The number of carbonyl (C=O) groups excluding carboxylic acids is 1. The molecule has 8 nitrogen and oxygen atoms in total. The molecular formula is C23H24N6O2. The van der Waals surface area contributed by atoms with Gasteiger partial charge in [0, 0.05) is 24.7 Å². The molecule has 1 atom stereocenters. The number of nitrogens with two attached hydrogens (primary N) is 1. The predicted octanol–water partition coefficient (Wildman–Crippen LogP) is 3.30. The average Bonchev–Trinajstić information content (AvgIpc) is 2.80. The highest BCUT2D eigenvalue weighted by Crippen LogP contribution is 2.26. The van der Waals surface area contributed by atoms with E-state index in [1.54, 1.807) is 4.90 Å². The van der Waals surface area contributed by atoms with Gasteiger partial charge in [0.1, 0.15) is 29.5 Å². The molecule has 1 aromatic heterocycles. The fourth-order valence-corrected chi connectivity index (χ4v) is 3.63. The number of hydrogen-bond acceptors (Lipinski definition) is 7. The van der Waals surface area contributed by atoms with Crippen molar-refractivity contribution >= 4 is 23.8 Å². The molecule has 3 aromatic rings. The number of para-hydroxylation sites is 1. The Labute approximate surface area is 180 Å². The first kappa shape index (κ1) is 20.3. The second-order valence-electron chi connectivity index (χ2n) is 7.38. The summed E-state index contributed by atoms with van der Waals surface area (Å²) in [5, 5.41) is 12.1. The van der Waals surface area contributed by atoms with E-state index in [-0.39, 0.29) is 17.6 Å². The Bertz CT molecular complexity index is 1060. The summed E-state index contributed by atoms with van der Waals surface area (Å²) in [6.45, 7) is 1.35. The number of likely N-dealkylation sites (tertiary alicyclic amines) is 1. The molecule has 4 N–H and O–H groups in total. The van der Waals surface area contributed by atoms with E-state index < -0.39 is 0 Å². The molecule has 0 aliphatic carbocycles. The largest absolute Gasteiger partial charge is 0.457 e. The predicted molar refractivity (Wildman–Crippen MR) is 120 cm³/mol. The Kier molecular flexibility index (Phi) is 6.07. The first-order chi connectivity index (χ1) is 15.1. The fraction of sp³-hybridized carbons (Fsp3) is 0.217. The molecule has 158 valence electrons. The molecule has 0 bridgehead atoms. The van der Waals surface area contributed by atoms with Crippen molar-refractivity contribution < 1.29 is 9.53 Å². The highest BCUT2D eigenvalue weighted by molar-refractivity contribution is 6.16. The lowest BCUT2D eigenvalue weighted by Crippen LogP contribution is -2.41. The number of amides is 1. The summed E-state index contributed by atoms with van der Waals surface area (Å²) in [7, 11) is 0. The van der Waals surface area contributed by atoms with Gasteiger partial charge in [0.15, 0.2) is 0 Å². The van der Waals surface area contributed by atoms with Crippen molar-refractivity contribution in [3.8, 4) is 11.5 Å². The van der Waals surface area contributed by atoms with Crippen LogP contribution in [0.1, 0.15) is 24.0 Å². The van der Waals surface area contributed by atoms with E-state index in [0.717, 1.165) is 31.5 Å². The number of nitrogens with zero attached hydrogens (tertiary/aromatic N) is 3. The van der Waals surface area contributed by atoms with Gasteiger partial charge in [-0.05, 0) is 49.2 Å². The summed E-state index contributed by atoms with van der Waals surface area (Å²) in [4.78, 5) is 21.3. The van der Waals surface area contributed by atoms with Gasteiger partial charge in [-0.15, -0.1) is 0 Å². The number of anilines is 2. The molecular weight excluding hydrogens is 392 g/mol. The summed E-state index contributed by atoms with van der Waals surface area (Å²) < 4.78 is 5.82. The number of ether oxygens (including phenoxy) is 1. The van der Waals surface area contributed by atoms with Crippen molar-refractivity contribution in [3.63, 3.8) is 0 Å². The van der Waals surface area contributed by atoms with Crippen LogP contribution in [0.15, 0.2) is 60.9 Å². The molecule has 8 heteroatoms. The first-order valence-electron chi connectivity index (χ1n) is 10.1. The van der Waals surface area contributed by atoms with Crippen molar-refractivity contribution in [3.05, 3.63) is 72.1 Å². The monoisotopic (exact) mass is 416 g/mol. The minimum atomic E-state index is 0.0430. The van der Waals surface area contributed by atoms with E-state index in [0.29, 0.717) is 29.2 Å². The van der Waals surface area contributed by atoms with E-state index in [2.05, 4.69) is 15.3 Å². The van der Waals surface area contributed by atoms with Gasteiger partial charge >= 0.3 is 0 Å². The third-order valence-corrected chi connectivity index (χ3v) is 5.19. The average molecular weight is 416 g/mol. The van der Waals surface area contributed by atoms with E-state index in [1.807, 2.05) is 54.6 Å². The number of nitrogen functional groups attached to an aromatic ring is 1. The van der Waals surface area contributed by atoms with Crippen LogP contribution >= 0.6 is 0 Å². The lowest BCUT2D eigenvalue weighted by Gasteiger charge is -2.31. The third-order valence-electron chi connectivity index (χ3n) is 5.19. The number of piperidine rings is 1. The van der Waals surface area contributed by atoms with Crippen LogP contribution in [-0.4, -0.2) is 46.1 Å². The van der Waals surface area contributed by atoms with Crippen molar-refractivity contribution in [1.82, 2.24) is 14.9 Å². The molecule has 1 fully saturated rings. The number of hydrogen-bond donors (Lipinski definition) is 3. The summed E-state index contributed by atoms with van der Waals surface area (Å²) in [5.74, 6) is 2.15. The summed E-state index contributed by atoms with van der Waals surface area (Å²) >= 11 is 0. The molecule has 1 aliphatic heterocycles. The quantitative estimate of drug-likeness (QED) is 0.402. The summed E-state index contributed by atoms with van der Waals surface area (Å²) in [5.41, 5.74) is 7.46. The SMILES string of the molecule is N=C(c1ccc(Oc2ccccc2)cc1)c1c(N)ncnc1N[C@@H]1CCCN(C=O)C1. The Morgan fingerprint density at radius 1 is 1.13 bits per heavy atom. The molecule has 0 saturated carbocycles. The molecule has 4 rings (SSSR count). The van der Waals surface area contributed by atoms with Gasteiger partial charge in [-0.3, -0.25) is 10.2 Å². The Hall–Kier alpha value is -3.94. The van der Waals surface area contributed by atoms with Crippen LogP contribution in [0.5, 0.6) is 11.5 Å². The maximum atomic E-state index is 11.1. The molecule has 1 saturated heterocycles. The van der Waals surface area contributed by atoms with Gasteiger partial charge in [0.05, 0.1) is 11.3 Å². The first-order valence-corrected chi connectivity index (χ1v) is 10.1. The van der Waals surface area contributed by atoms with Crippen LogP contribution in [0.4, 0.5) is 11.6 Å². The van der Waals surface area contributed by atoms with Crippen molar-refractivity contribution in [2.75, 3.05) is 24.1 Å². The zero-order valence-electron chi connectivity index (χ0n) is 17.0. The third kappa shape index (κ3) is 4.80. The van der Waals surface area contributed by atoms with Crippen LogP contribution in [0.25, 0.3) is 0 Å². The second-order valence-corrected chi connectivity index (χ2v) is 7.38. The topological polar surface area (TPSA) is 117 Å². The summed E-state index contributed by atoms with van der Waals surface area (Å²) in [6.07, 6.45) is 4.06. The van der Waals surface area contributed by atoms with Gasteiger partial charge in [-0.1, -0.05) is 18.2 Å². The minimum Gasteiger partial charge on any atom is -0.457 e. The smallest absolute Gasteiger partial charge is 0.209 e. The fourth-order valence-electron chi connectivity index (χ4n) is 3.63. The maximum absolute atomic E-state index is 11.1. The number of benzene rings is 2. The maximum Gasteiger partial charge on any atom is 0.209 e. The Balaban J connectivity index is 1.53. The highest BCUT2D eigenvalue weighted by atomic mass is 16.5. The van der Waals surface area contributed by atoms with Gasteiger partial charge < -0.3 is 20.7 Å². The van der Waals surface area contributed by atoms with Gasteiger partial charge in [-0.2, -0.15) is 0 Å². The van der Waals surface area contributed by atoms with Crippen molar-refractivity contribution in [2.45, 2.75) is 18.9 Å². The van der Waals surface area contributed by atoms with Gasteiger partial charge in [0.25, 0.3) is 0 Å². The van der Waals surface area contributed by atoms with E-state index in [4.69, 9.17) is 15.9 Å². The van der Waals surface area contributed by atoms with Crippen molar-refractivity contribution in [2.24, 2.45) is 0 Å². The zero-order valence-corrected chi connectivity index (χ0v) is 17.0. The number of rotatable bonds is 7. The van der Waals surface area contributed by atoms with Crippen LogP contribution < -0.4 is 15.8 Å². The number of carbonyl (C=O) groups is 1. The highest BCUT2D eigenvalue weighted by Gasteiger charge is 2.22. The molecule has 0 unspecified atom stereocenters. The standard InChI is InChI=1S/C23H24N6O2/c24-21(16-8-10-19(11-9-16)31-18-6-2-1-3-7-18)20-22(25)26-14-27-23(20)28-17-5-4-12-29(13-17)15-30/h1-3,6-11,14-15,17,24H,4-5,12-13H2,(H3,25,26,27,28)/t17-/m1/s1. The van der Waals surface area contributed by atoms with E-state index >= 15 is 0 Å². The zero-order chi connectivity index (χ0) is 21.6. The molecule has 0 spiro atoms. The van der Waals surface area contributed by atoms with Crippen molar-refractivity contribution in [1.29, 1.82) is 5.41 Å². The second kappa shape index (κ2) is 9.25. The van der Waals surface area contributed by atoms with Crippen LogP contribution in [0.2, 0.25) is 0 Å². The van der Waals surface area contributed by atoms with Crippen LogP contribution in [-0.2, 0) is 4.79 Å². The molecule has 1 amide bonds. The number of aromatic nitrogens is 2. The summed E-state index contributed by atoms with van der Waals surface area (Å²) in [6, 6.07) is 16.8. The van der Waals surface area contributed by atoms with E-state index in [1.165, 1.54) is 6.33 Å². The minimum absolute atomic E-state index is 0.0430. The molecule has 0 radical (unpaired) electrons. The van der Waals surface area contributed by atoms with Gasteiger partial charge in [-0.25, -0.2) is 9.97 Å². The van der Waals surface area contributed by atoms with Crippen LogP contribution in [0, 0.1) is 5.41 Å². The lowest BCUT2D eigenvalue weighted by molar-refractivity contribution is -0.119.